The molecule has 0 aliphatic carbocycles. The number of hydrogen-bond acceptors (Lipinski definition) is 2. The number of nitrogens with two attached hydrogens (primary N) is 1. The Morgan fingerprint density at radius 1 is 1.20 bits per heavy atom. The van der Waals surface area contributed by atoms with Crippen LogP contribution in [0.3, 0.4) is 0 Å². The van der Waals surface area contributed by atoms with Gasteiger partial charge in [-0.25, -0.2) is 0 Å². The molecule has 0 aromatic heterocycles. The molecule has 0 bridgehead atoms. The number of anilines is 1. The molecule has 0 fully saturated rings. The molecule has 2 nitrogen and oxygen atoms in total. The van der Waals surface area contributed by atoms with Gasteiger partial charge in [0.1, 0.15) is 0 Å². The Kier molecular flexibility index (Phi) is 6.14. The van der Waals surface area contributed by atoms with Gasteiger partial charge in [-0.3, -0.25) is 5.84 Å². The zero-order valence-electron chi connectivity index (χ0n) is 6.04. The second-order valence-electron chi connectivity index (χ2n) is 1.51. The average Bonchev–Trinajstić information content (AvgIpc) is 2.10. The summed E-state index contributed by atoms with van der Waals surface area (Å²) in [6, 6.07) is 9.60. The Morgan fingerprint density at radius 3 is 2.00 bits per heavy atom. The van der Waals surface area contributed by atoms with Crippen molar-refractivity contribution in [3.63, 3.8) is 0 Å². The minimum absolute atomic E-state index is 0.938. The van der Waals surface area contributed by atoms with Gasteiger partial charge in [0, 0.05) is 5.69 Å². The van der Waals surface area contributed by atoms with E-state index in [1.807, 2.05) is 37.0 Å². The fourth-order valence-corrected chi connectivity index (χ4v) is 0.534. The third kappa shape index (κ3) is 3.44. The van der Waals surface area contributed by atoms with Crippen LogP contribution in [0.4, 0.5) is 5.69 Å². The fourth-order valence-electron chi connectivity index (χ4n) is 0.534. The Hall–Kier alpha value is -0.590. The van der Waals surface area contributed by atoms with Crippen LogP contribution in [-0.2, 0) is 0 Å². The molecule has 1 atom stereocenters. The molecule has 0 spiro atoms. The quantitative estimate of drug-likeness (QED) is 0.367. The summed E-state index contributed by atoms with van der Waals surface area (Å²) in [6.07, 6.45) is 0. The molecule has 0 aliphatic heterocycles. The number of nitrogen functional groups attached to an aromatic ring is 1. The van der Waals surface area contributed by atoms with Gasteiger partial charge in [0.2, 0.25) is 0 Å². The molecule has 1 unspecified atom stereocenters. The van der Waals surface area contributed by atoms with Crippen LogP contribution in [-0.4, -0.2) is 6.66 Å². The number of hydrazine groups is 1. The molecule has 0 aliphatic rings. The van der Waals surface area contributed by atoms with E-state index in [1.54, 1.807) is 0 Å². The maximum atomic E-state index is 5.10. The Balaban J connectivity index is 0.000000371. The van der Waals surface area contributed by atoms with E-state index >= 15 is 0 Å². The van der Waals surface area contributed by atoms with Crippen molar-refractivity contribution < 1.29 is 0 Å². The van der Waals surface area contributed by atoms with E-state index in [2.05, 4.69) is 14.7 Å². The molecule has 0 amide bonds. The first-order chi connectivity index (χ1) is 4.93. The molecule has 3 N–H and O–H groups in total. The summed E-state index contributed by atoms with van der Waals surface area (Å²) in [6.45, 7) is 1.92. The molecule has 56 valence electrons. The van der Waals surface area contributed by atoms with Crippen molar-refractivity contribution in [3.8, 4) is 0 Å². The van der Waals surface area contributed by atoms with E-state index in [1.165, 1.54) is 0 Å². The average molecular weight is 156 g/mol. The van der Waals surface area contributed by atoms with Crippen molar-refractivity contribution in [2.45, 2.75) is 0 Å². The van der Waals surface area contributed by atoms with Crippen LogP contribution in [0.15, 0.2) is 30.3 Å². The van der Waals surface area contributed by atoms with Gasteiger partial charge in [0.05, 0.1) is 0 Å². The topological polar surface area (TPSA) is 38.0 Å². The Morgan fingerprint density at radius 2 is 1.70 bits per heavy atom. The van der Waals surface area contributed by atoms with Gasteiger partial charge in [-0.1, -0.05) is 24.9 Å². The van der Waals surface area contributed by atoms with Crippen molar-refractivity contribution in [1.29, 1.82) is 0 Å². The first kappa shape index (κ1) is 9.41. The predicted octanol–water partition coefficient (Wildman–Crippen LogP) is 1.46. The van der Waals surface area contributed by atoms with Gasteiger partial charge in [-0.05, 0) is 12.1 Å². The van der Waals surface area contributed by atoms with Crippen LogP contribution in [0.5, 0.6) is 0 Å². The highest BCUT2D eigenvalue weighted by Gasteiger charge is 1.78. The third-order valence-corrected chi connectivity index (χ3v) is 0.940. The minimum atomic E-state index is 0.938. The van der Waals surface area contributed by atoms with Gasteiger partial charge in [0.15, 0.2) is 0 Å². The zero-order valence-corrected chi connectivity index (χ0v) is 7.20. The van der Waals surface area contributed by atoms with E-state index < -0.39 is 0 Å². The van der Waals surface area contributed by atoms with Crippen LogP contribution in [0.25, 0.3) is 0 Å². The highest BCUT2D eigenvalue weighted by atomic mass is 31.0. The van der Waals surface area contributed by atoms with Gasteiger partial charge < -0.3 is 5.43 Å². The van der Waals surface area contributed by atoms with E-state index in [9.17, 15) is 0 Å². The smallest absolute Gasteiger partial charge is 0.0485 e. The van der Waals surface area contributed by atoms with Crippen molar-refractivity contribution >= 4 is 14.9 Å². The molecular weight excluding hydrogens is 143 g/mol. The van der Waals surface area contributed by atoms with Crippen LogP contribution in [0.1, 0.15) is 0 Å². The summed E-state index contributed by atoms with van der Waals surface area (Å²) < 4.78 is 0. The number of para-hydroxylation sites is 1. The maximum Gasteiger partial charge on any atom is 0.0485 e. The SMILES string of the molecule is CP.NNc1ccccc1. The predicted molar refractivity (Wildman–Crippen MR) is 49.9 cm³/mol. The van der Waals surface area contributed by atoms with Crippen LogP contribution in [0.2, 0.25) is 0 Å². The number of nitrogens with one attached hydrogen (secondary N) is 1. The summed E-state index contributed by atoms with van der Waals surface area (Å²) in [5.74, 6) is 5.10. The first-order valence-electron chi connectivity index (χ1n) is 3.03. The van der Waals surface area contributed by atoms with Crippen molar-refractivity contribution in [2.24, 2.45) is 5.84 Å². The lowest BCUT2D eigenvalue weighted by Crippen LogP contribution is -2.05. The maximum absolute atomic E-state index is 5.10. The monoisotopic (exact) mass is 156 g/mol. The molecule has 1 aromatic carbocycles. The van der Waals surface area contributed by atoms with Gasteiger partial charge in [-0.15, -0.1) is 9.24 Å². The second kappa shape index (κ2) is 6.53. The van der Waals surface area contributed by atoms with Crippen LogP contribution in [0, 0.1) is 0 Å². The standard InChI is InChI=1S/C6H8N2.CH5P/c7-8-6-4-2-1-3-5-6;1-2/h1-5,8H,7H2;2H2,1H3. The molecular formula is C7H13N2P. The first-order valence-corrected chi connectivity index (χ1v) is 4.18. The summed E-state index contributed by atoms with van der Waals surface area (Å²) in [7, 11) is 2.42. The van der Waals surface area contributed by atoms with Crippen LogP contribution < -0.4 is 11.3 Å². The minimum Gasteiger partial charge on any atom is -0.324 e. The highest BCUT2D eigenvalue weighted by molar-refractivity contribution is 7.15. The Bertz CT molecular complexity index is 153. The van der Waals surface area contributed by atoms with Crippen molar-refractivity contribution in [1.82, 2.24) is 0 Å². The number of benzene rings is 1. The fraction of sp³-hybridized carbons (Fsp3) is 0.143. The van der Waals surface area contributed by atoms with Crippen molar-refractivity contribution in [3.05, 3.63) is 30.3 Å². The molecule has 0 saturated carbocycles. The molecule has 3 heteroatoms. The molecule has 0 heterocycles. The molecule has 1 aromatic rings. The van der Waals surface area contributed by atoms with Crippen molar-refractivity contribution in [2.75, 3.05) is 12.1 Å². The number of hydrogen-bond donors (Lipinski definition) is 2. The van der Waals surface area contributed by atoms with E-state index in [4.69, 9.17) is 5.84 Å². The Labute approximate surface area is 64.0 Å². The van der Waals surface area contributed by atoms with E-state index in [0.29, 0.717) is 0 Å². The normalized spacial score (nSPS) is 7.50. The summed E-state index contributed by atoms with van der Waals surface area (Å²) in [5, 5.41) is 0. The molecule has 10 heavy (non-hydrogen) atoms. The highest BCUT2D eigenvalue weighted by Crippen LogP contribution is 2.00. The summed E-state index contributed by atoms with van der Waals surface area (Å²) in [4.78, 5) is 0. The lowest BCUT2D eigenvalue weighted by atomic mass is 10.3. The molecule has 0 radical (unpaired) electrons. The lowest BCUT2D eigenvalue weighted by Gasteiger charge is -1.94. The molecule has 0 saturated heterocycles. The lowest BCUT2D eigenvalue weighted by molar-refractivity contribution is 1.35. The summed E-state index contributed by atoms with van der Waals surface area (Å²) >= 11 is 0. The van der Waals surface area contributed by atoms with Gasteiger partial charge >= 0.3 is 0 Å². The van der Waals surface area contributed by atoms with E-state index in [-0.39, 0.29) is 0 Å². The second-order valence-corrected chi connectivity index (χ2v) is 1.51. The third-order valence-electron chi connectivity index (χ3n) is 0.940. The number of rotatable bonds is 1. The van der Waals surface area contributed by atoms with Crippen LogP contribution >= 0.6 is 9.24 Å². The van der Waals surface area contributed by atoms with Gasteiger partial charge in [0.25, 0.3) is 0 Å². The molecule has 1 rings (SSSR count). The van der Waals surface area contributed by atoms with E-state index in [0.717, 1.165) is 5.69 Å². The zero-order chi connectivity index (χ0) is 7.82. The van der Waals surface area contributed by atoms with Gasteiger partial charge in [-0.2, -0.15) is 0 Å². The largest absolute Gasteiger partial charge is 0.324 e. The summed E-state index contributed by atoms with van der Waals surface area (Å²) in [5.41, 5.74) is 3.46.